The summed E-state index contributed by atoms with van der Waals surface area (Å²) in [5, 5.41) is 10.3. The molecular weight excluding hydrogens is 366 g/mol. The maximum Gasteiger partial charge on any atom is 0.240 e. The van der Waals surface area contributed by atoms with E-state index in [1.54, 1.807) is 43.5 Å². The van der Waals surface area contributed by atoms with Crippen molar-refractivity contribution in [2.24, 2.45) is 0 Å². The monoisotopic (exact) mass is 387 g/mol. The summed E-state index contributed by atoms with van der Waals surface area (Å²) in [5.41, 5.74) is 2.06. The Balaban J connectivity index is 1.68. The fraction of sp³-hybridized carbons (Fsp3) is 0.200. The molecule has 2 N–H and O–H groups in total. The molecule has 6 nitrogen and oxygen atoms in total. The minimum absolute atomic E-state index is 0.131. The first kappa shape index (κ1) is 19.2. The van der Waals surface area contributed by atoms with E-state index in [1.165, 1.54) is 13.2 Å². The number of benzene rings is 2. The van der Waals surface area contributed by atoms with Crippen molar-refractivity contribution in [2.45, 2.75) is 17.9 Å². The molecule has 0 amide bonds. The second kappa shape index (κ2) is 7.96. The molecule has 3 aromatic rings. The maximum atomic E-state index is 12.5. The van der Waals surface area contributed by atoms with Crippen molar-refractivity contribution in [1.29, 1.82) is 0 Å². The molecule has 0 fully saturated rings. The van der Waals surface area contributed by atoms with E-state index in [4.69, 9.17) is 9.15 Å². The summed E-state index contributed by atoms with van der Waals surface area (Å²) in [5.74, 6) is 1.31. The van der Waals surface area contributed by atoms with Crippen LogP contribution in [-0.4, -0.2) is 27.2 Å². The first-order chi connectivity index (χ1) is 12.9. The summed E-state index contributed by atoms with van der Waals surface area (Å²) in [6, 6.07) is 15.5. The van der Waals surface area contributed by atoms with Crippen LogP contribution in [0.25, 0.3) is 11.3 Å². The normalized spacial score (nSPS) is 12.7. The second-order valence-corrected chi connectivity index (χ2v) is 7.83. The van der Waals surface area contributed by atoms with Gasteiger partial charge < -0.3 is 14.3 Å². The minimum atomic E-state index is -3.74. The van der Waals surface area contributed by atoms with Crippen molar-refractivity contribution < 1.29 is 22.7 Å². The Bertz CT molecular complexity index is 995. The summed E-state index contributed by atoms with van der Waals surface area (Å²) in [6.45, 7) is 1.56. The predicted molar refractivity (Wildman–Crippen MR) is 102 cm³/mol. The van der Waals surface area contributed by atoms with Crippen LogP contribution >= 0.6 is 0 Å². The van der Waals surface area contributed by atoms with Crippen LogP contribution in [0.15, 0.2) is 70.2 Å². The third-order valence-electron chi connectivity index (χ3n) is 4.24. The number of hydrogen-bond acceptors (Lipinski definition) is 5. The Morgan fingerprint density at radius 2 is 1.89 bits per heavy atom. The lowest BCUT2D eigenvalue weighted by molar-refractivity contribution is 0.182. The Kier molecular flexibility index (Phi) is 5.65. The minimum Gasteiger partial charge on any atom is -0.497 e. The van der Waals surface area contributed by atoms with E-state index in [9.17, 15) is 13.5 Å². The number of methoxy groups -OCH3 is 1. The summed E-state index contributed by atoms with van der Waals surface area (Å²) in [7, 11) is -2.22. The highest BCUT2D eigenvalue weighted by molar-refractivity contribution is 7.89. The zero-order chi connectivity index (χ0) is 19.4. The van der Waals surface area contributed by atoms with Crippen molar-refractivity contribution in [3.05, 3.63) is 72.0 Å². The van der Waals surface area contributed by atoms with Crippen LogP contribution in [-0.2, 0) is 10.0 Å². The molecule has 1 atom stereocenters. The van der Waals surface area contributed by atoms with Gasteiger partial charge in [0, 0.05) is 12.1 Å². The van der Waals surface area contributed by atoms with Gasteiger partial charge in [-0.15, -0.1) is 0 Å². The lowest BCUT2D eigenvalue weighted by Crippen LogP contribution is -2.29. The number of sulfonamides is 1. The summed E-state index contributed by atoms with van der Waals surface area (Å²) >= 11 is 0. The lowest BCUT2D eigenvalue weighted by Gasteiger charge is -2.14. The van der Waals surface area contributed by atoms with E-state index in [1.807, 2.05) is 18.2 Å². The van der Waals surface area contributed by atoms with Crippen LogP contribution in [0.2, 0.25) is 0 Å². The van der Waals surface area contributed by atoms with Gasteiger partial charge in [0.15, 0.2) is 0 Å². The first-order valence-electron chi connectivity index (χ1n) is 8.37. The van der Waals surface area contributed by atoms with Crippen LogP contribution in [0, 0.1) is 6.92 Å². The molecule has 0 bridgehead atoms. The third-order valence-corrected chi connectivity index (χ3v) is 5.82. The second-order valence-electron chi connectivity index (χ2n) is 6.10. The largest absolute Gasteiger partial charge is 0.497 e. The van der Waals surface area contributed by atoms with E-state index < -0.39 is 16.1 Å². The number of aryl methyl sites for hydroxylation is 1. The Labute approximate surface area is 158 Å². The molecular formula is C20H21NO5S. The fourth-order valence-electron chi connectivity index (χ4n) is 2.75. The van der Waals surface area contributed by atoms with Gasteiger partial charge in [-0.1, -0.05) is 24.3 Å². The van der Waals surface area contributed by atoms with Gasteiger partial charge in [0.2, 0.25) is 10.0 Å². The zero-order valence-electron chi connectivity index (χ0n) is 15.0. The summed E-state index contributed by atoms with van der Waals surface area (Å²) in [4.78, 5) is 0.156. The van der Waals surface area contributed by atoms with Crippen molar-refractivity contribution in [2.75, 3.05) is 13.7 Å². The van der Waals surface area contributed by atoms with Crippen molar-refractivity contribution in [1.82, 2.24) is 4.72 Å². The molecule has 0 radical (unpaired) electrons. The van der Waals surface area contributed by atoms with E-state index >= 15 is 0 Å². The van der Waals surface area contributed by atoms with Gasteiger partial charge >= 0.3 is 0 Å². The smallest absolute Gasteiger partial charge is 0.240 e. The molecule has 0 aliphatic heterocycles. The van der Waals surface area contributed by atoms with Crippen molar-refractivity contribution in [3.8, 4) is 17.1 Å². The van der Waals surface area contributed by atoms with Gasteiger partial charge in [-0.3, -0.25) is 0 Å². The van der Waals surface area contributed by atoms with Crippen molar-refractivity contribution >= 4 is 10.0 Å². The van der Waals surface area contributed by atoms with E-state index in [0.717, 1.165) is 11.3 Å². The molecule has 27 heavy (non-hydrogen) atoms. The van der Waals surface area contributed by atoms with Crippen LogP contribution in [0.4, 0.5) is 0 Å². The highest BCUT2D eigenvalue weighted by Crippen LogP contribution is 2.23. The molecule has 0 unspecified atom stereocenters. The highest BCUT2D eigenvalue weighted by Gasteiger charge is 2.19. The van der Waals surface area contributed by atoms with Gasteiger partial charge in [0.25, 0.3) is 0 Å². The summed E-state index contributed by atoms with van der Waals surface area (Å²) in [6.07, 6.45) is 0.623. The number of nitrogens with one attached hydrogen (secondary N) is 1. The first-order valence-corrected chi connectivity index (χ1v) is 9.85. The van der Waals surface area contributed by atoms with E-state index in [0.29, 0.717) is 16.9 Å². The third kappa shape index (κ3) is 4.39. The zero-order valence-corrected chi connectivity index (χ0v) is 15.9. The van der Waals surface area contributed by atoms with Gasteiger partial charge in [-0.2, -0.15) is 0 Å². The quantitative estimate of drug-likeness (QED) is 0.649. The molecule has 0 aliphatic carbocycles. The lowest BCUT2D eigenvalue weighted by atomic mass is 10.1. The molecule has 7 heteroatoms. The molecule has 3 rings (SSSR count). The van der Waals surface area contributed by atoms with Crippen LogP contribution in [0.1, 0.15) is 17.2 Å². The SMILES string of the molecule is COc1ccc(S(=O)(=O)NC[C@H](O)c2ccc(-c3ccco3)cc2)c(C)c1. The molecule has 0 spiro atoms. The van der Waals surface area contributed by atoms with Crippen LogP contribution < -0.4 is 9.46 Å². The van der Waals surface area contributed by atoms with Gasteiger partial charge in [0.1, 0.15) is 11.5 Å². The molecule has 1 aromatic heterocycles. The van der Waals surface area contributed by atoms with E-state index in [2.05, 4.69) is 4.72 Å². The Hall–Kier alpha value is -2.61. The summed E-state index contributed by atoms with van der Waals surface area (Å²) < 4.78 is 37.9. The number of aliphatic hydroxyl groups is 1. The Morgan fingerprint density at radius 3 is 2.48 bits per heavy atom. The average molecular weight is 387 g/mol. The number of ether oxygens (including phenoxy) is 1. The molecule has 142 valence electrons. The van der Waals surface area contributed by atoms with Gasteiger partial charge in [0.05, 0.1) is 24.4 Å². The predicted octanol–water partition coefficient (Wildman–Crippen LogP) is 3.28. The van der Waals surface area contributed by atoms with E-state index in [-0.39, 0.29) is 11.4 Å². The van der Waals surface area contributed by atoms with Gasteiger partial charge in [-0.25, -0.2) is 13.1 Å². The molecule has 0 saturated heterocycles. The fourth-order valence-corrected chi connectivity index (χ4v) is 4.01. The number of aliphatic hydroxyl groups excluding tert-OH is 1. The molecule has 2 aromatic carbocycles. The Morgan fingerprint density at radius 1 is 1.15 bits per heavy atom. The van der Waals surface area contributed by atoms with Crippen LogP contribution in [0.5, 0.6) is 5.75 Å². The molecule has 0 saturated carbocycles. The standard InChI is InChI=1S/C20H21NO5S/c1-14-12-17(25-2)9-10-20(14)27(23,24)21-13-18(22)15-5-7-16(8-6-15)19-4-3-11-26-19/h3-12,18,21-22H,13H2,1-2H3/t18-/m0/s1. The van der Waals surface area contributed by atoms with Crippen molar-refractivity contribution in [3.63, 3.8) is 0 Å². The number of hydrogen-bond donors (Lipinski definition) is 2. The van der Waals surface area contributed by atoms with Gasteiger partial charge in [-0.05, 0) is 48.4 Å². The van der Waals surface area contributed by atoms with Crippen LogP contribution in [0.3, 0.4) is 0 Å². The number of rotatable bonds is 7. The molecule has 0 aliphatic rings. The highest BCUT2D eigenvalue weighted by atomic mass is 32.2. The maximum absolute atomic E-state index is 12.5. The topological polar surface area (TPSA) is 88.8 Å². The number of furan rings is 1. The average Bonchev–Trinajstić information content (AvgIpc) is 3.20. The molecule has 1 heterocycles.